The molecule has 2 rings (SSSR count). The minimum absolute atomic E-state index is 0.207. The zero-order chi connectivity index (χ0) is 15.2. The second-order valence-corrected chi connectivity index (χ2v) is 5.95. The van der Waals surface area contributed by atoms with Gasteiger partial charge >= 0.3 is 0 Å². The standard InChI is InChI=1S/C16H25N3O2/c1-13-6-7-15(10-16(13)19(20)21)12-17-11-14(2)18-8-4-3-5-9-18/h6-7,10,14,17H,3-5,8-9,11-12H2,1-2H3. The zero-order valence-corrected chi connectivity index (χ0v) is 13.0. The van der Waals surface area contributed by atoms with Gasteiger partial charge in [0, 0.05) is 30.8 Å². The second kappa shape index (κ2) is 7.52. The first-order chi connectivity index (χ1) is 10.1. The van der Waals surface area contributed by atoms with Gasteiger partial charge in [0.25, 0.3) is 5.69 Å². The number of hydrogen-bond donors (Lipinski definition) is 1. The molecule has 1 unspecified atom stereocenters. The SMILES string of the molecule is Cc1ccc(CNCC(C)N2CCCCC2)cc1[N+](=O)[O-]. The van der Waals surface area contributed by atoms with E-state index in [9.17, 15) is 10.1 Å². The van der Waals surface area contributed by atoms with Crippen LogP contribution in [0.3, 0.4) is 0 Å². The van der Waals surface area contributed by atoms with Crippen molar-refractivity contribution in [3.63, 3.8) is 0 Å². The fraction of sp³-hybridized carbons (Fsp3) is 0.625. The van der Waals surface area contributed by atoms with E-state index in [1.54, 1.807) is 13.0 Å². The van der Waals surface area contributed by atoms with Crippen molar-refractivity contribution in [3.8, 4) is 0 Å². The van der Waals surface area contributed by atoms with Crippen LogP contribution in [0.1, 0.15) is 37.3 Å². The Bertz CT molecular complexity index is 484. The summed E-state index contributed by atoms with van der Waals surface area (Å²) in [6, 6.07) is 5.98. The molecule has 1 N–H and O–H groups in total. The van der Waals surface area contributed by atoms with E-state index >= 15 is 0 Å². The van der Waals surface area contributed by atoms with Crippen LogP contribution >= 0.6 is 0 Å². The number of aryl methyl sites for hydroxylation is 1. The summed E-state index contributed by atoms with van der Waals surface area (Å²) >= 11 is 0. The monoisotopic (exact) mass is 291 g/mol. The van der Waals surface area contributed by atoms with Crippen molar-refractivity contribution in [2.24, 2.45) is 0 Å². The molecule has 0 bridgehead atoms. The predicted octanol–water partition coefficient (Wildman–Crippen LogP) is 2.87. The van der Waals surface area contributed by atoms with Crippen LogP contribution in [-0.4, -0.2) is 35.5 Å². The third kappa shape index (κ3) is 4.51. The number of benzene rings is 1. The summed E-state index contributed by atoms with van der Waals surface area (Å²) in [6.07, 6.45) is 3.95. The van der Waals surface area contributed by atoms with Crippen LogP contribution in [-0.2, 0) is 6.54 Å². The Balaban J connectivity index is 1.82. The number of nitro groups is 1. The summed E-state index contributed by atoms with van der Waals surface area (Å²) in [4.78, 5) is 13.2. The van der Waals surface area contributed by atoms with Gasteiger partial charge in [-0.05, 0) is 45.3 Å². The number of rotatable bonds is 6. The molecule has 0 saturated carbocycles. The molecule has 1 aromatic rings. The molecule has 1 fully saturated rings. The smallest absolute Gasteiger partial charge is 0.272 e. The number of likely N-dealkylation sites (tertiary alicyclic amines) is 1. The second-order valence-electron chi connectivity index (χ2n) is 5.95. The zero-order valence-electron chi connectivity index (χ0n) is 13.0. The Hall–Kier alpha value is -1.46. The molecule has 0 spiro atoms. The Kier molecular flexibility index (Phi) is 5.70. The van der Waals surface area contributed by atoms with E-state index in [0.717, 1.165) is 12.1 Å². The van der Waals surface area contributed by atoms with Crippen LogP contribution < -0.4 is 5.32 Å². The molecule has 1 heterocycles. The molecule has 1 aliphatic rings. The normalized spacial score (nSPS) is 17.6. The molecule has 0 radical (unpaired) electrons. The van der Waals surface area contributed by atoms with Gasteiger partial charge in [-0.2, -0.15) is 0 Å². The minimum Gasteiger partial charge on any atom is -0.311 e. The molecule has 5 nitrogen and oxygen atoms in total. The Labute approximate surface area is 126 Å². The van der Waals surface area contributed by atoms with Gasteiger partial charge in [0.2, 0.25) is 0 Å². The van der Waals surface area contributed by atoms with Gasteiger partial charge in [0.05, 0.1) is 4.92 Å². The third-order valence-corrected chi connectivity index (χ3v) is 4.25. The first-order valence-electron chi connectivity index (χ1n) is 7.76. The number of hydrogen-bond acceptors (Lipinski definition) is 4. The molecule has 21 heavy (non-hydrogen) atoms. The largest absolute Gasteiger partial charge is 0.311 e. The summed E-state index contributed by atoms with van der Waals surface area (Å²) in [7, 11) is 0. The lowest BCUT2D eigenvalue weighted by Gasteiger charge is -2.32. The van der Waals surface area contributed by atoms with E-state index < -0.39 is 0 Å². The molecule has 5 heteroatoms. The predicted molar refractivity (Wildman–Crippen MR) is 84.4 cm³/mol. The molecule has 116 valence electrons. The van der Waals surface area contributed by atoms with Crippen molar-refractivity contribution in [2.75, 3.05) is 19.6 Å². The van der Waals surface area contributed by atoms with Crippen molar-refractivity contribution in [1.29, 1.82) is 0 Å². The summed E-state index contributed by atoms with van der Waals surface area (Å²) in [6.45, 7) is 8.00. The molecule has 0 aromatic heterocycles. The van der Waals surface area contributed by atoms with Crippen LogP contribution in [0, 0.1) is 17.0 Å². The van der Waals surface area contributed by atoms with E-state index in [1.807, 2.05) is 12.1 Å². The highest BCUT2D eigenvalue weighted by molar-refractivity contribution is 5.42. The quantitative estimate of drug-likeness (QED) is 0.647. The maximum Gasteiger partial charge on any atom is 0.272 e. The average molecular weight is 291 g/mol. The molecule has 1 aliphatic heterocycles. The number of nitro benzene ring substituents is 1. The molecule has 1 aromatic carbocycles. The average Bonchev–Trinajstić information content (AvgIpc) is 2.49. The highest BCUT2D eigenvalue weighted by atomic mass is 16.6. The van der Waals surface area contributed by atoms with E-state index in [0.29, 0.717) is 18.2 Å². The van der Waals surface area contributed by atoms with Crippen molar-refractivity contribution in [2.45, 2.75) is 45.7 Å². The highest BCUT2D eigenvalue weighted by Gasteiger charge is 2.16. The van der Waals surface area contributed by atoms with E-state index in [1.165, 1.54) is 32.4 Å². The number of nitrogens with one attached hydrogen (secondary N) is 1. The van der Waals surface area contributed by atoms with Crippen molar-refractivity contribution in [1.82, 2.24) is 10.2 Å². The van der Waals surface area contributed by atoms with Crippen molar-refractivity contribution in [3.05, 3.63) is 39.4 Å². The summed E-state index contributed by atoms with van der Waals surface area (Å²) in [5.41, 5.74) is 1.89. The van der Waals surface area contributed by atoms with E-state index in [2.05, 4.69) is 17.1 Å². The van der Waals surface area contributed by atoms with Crippen LogP contribution in [0.5, 0.6) is 0 Å². The molecular weight excluding hydrogens is 266 g/mol. The Morgan fingerprint density at radius 1 is 1.33 bits per heavy atom. The highest BCUT2D eigenvalue weighted by Crippen LogP contribution is 2.19. The lowest BCUT2D eigenvalue weighted by molar-refractivity contribution is -0.385. The van der Waals surface area contributed by atoms with Gasteiger partial charge in [-0.15, -0.1) is 0 Å². The van der Waals surface area contributed by atoms with Crippen LogP contribution in [0.4, 0.5) is 5.69 Å². The van der Waals surface area contributed by atoms with Crippen molar-refractivity contribution >= 4 is 5.69 Å². The van der Waals surface area contributed by atoms with Crippen LogP contribution in [0.25, 0.3) is 0 Å². The van der Waals surface area contributed by atoms with Gasteiger partial charge in [0.1, 0.15) is 0 Å². The molecule has 0 amide bonds. The Morgan fingerprint density at radius 3 is 2.71 bits per heavy atom. The maximum atomic E-state index is 10.9. The van der Waals surface area contributed by atoms with Gasteiger partial charge < -0.3 is 5.32 Å². The first kappa shape index (κ1) is 15.9. The molecular formula is C16H25N3O2. The number of piperidine rings is 1. The summed E-state index contributed by atoms with van der Waals surface area (Å²) < 4.78 is 0. The Morgan fingerprint density at radius 2 is 2.05 bits per heavy atom. The van der Waals surface area contributed by atoms with Gasteiger partial charge in [-0.3, -0.25) is 15.0 Å². The molecule has 1 atom stereocenters. The lowest BCUT2D eigenvalue weighted by atomic mass is 10.1. The topological polar surface area (TPSA) is 58.4 Å². The van der Waals surface area contributed by atoms with Crippen molar-refractivity contribution < 1.29 is 4.92 Å². The van der Waals surface area contributed by atoms with Crippen LogP contribution in [0.2, 0.25) is 0 Å². The fourth-order valence-corrected chi connectivity index (χ4v) is 2.88. The van der Waals surface area contributed by atoms with Gasteiger partial charge in [0.15, 0.2) is 0 Å². The lowest BCUT2D eigenvalue weighted by Crippen LogP contribution is -2.42. The van der Waals surface area contributed by atoms with Crippen LogP contribution in [0.15, 0.2) is 18.2 Å². The number of nitrogens with zero attached hydrogens (tertiary/aromatic N) is 2. The molecule has 1 saturated heterocycles. The van der Waals surface area contributed by atoms with E-state index in [4.69, 9.17) is 0 Å². The summed E-state index contributed by atoms with van der Waals surface area (Å²) in [5, 5.41) is 14.4. The fourth-order valence-electron chi connectivity index (χ4n) is 2.88. The third-order valence-electron chi connectivity index (χ3n) is 4.25. The van der Waals surface area contributed by atoms with Gasteiger partial charge in [-0.25, -0.2) is 0 Å². The molecule has 0 aliphatic carbocycles. The maximum absolute atomic E-state index is 10.9. The first-order valence-corrected chi connectivity index (χ1v) is 7.76. The summed E-state index contributed by atoms with van der Waals surface area (Å²) in [5.74, 6) is 0. The van der Waals surface area contributed by atoms with E-state index in [-0.39, 0.29) is 10.6 Å². The van der Waals surface area contributed by atoms with Gasteiger partial charge in [-0.1, -0.05) is 18.6 Å². The minimum atomic E-state index is -0.310.